The number of amides is 3. The Morgan fingerprint density at radius 2 is 1.81 bits per heavy atom. The molecular weight excluding hydrogens is 264 g/mol. The van der Waals surface area contributed by atoms with E-state index in [0.29, 0.717) is 6.54 Å². The summed E-state index contributed by atoms with van der Waals surface area (Å²) in [5.74, 6) is -0.0633. The molecular formula is C17H16N2O2. The molecule has 0 bridgehead atoms. The number of fused-ring (bicyclic) bond motifs is 1. The van der Waals surface area contributed by atoms with Gasteiger partial charge in [0.25, 0.3) is 5.91 Å². The minimum Gasteiger partial charge on any atom is -0.323 e. The third-order valence-electron chi connectivity index (χ3n) is 4.66. The van der Waals surface area contributed by atoms with E-state index >= 15 is 0 Å². The zero-order chi connectivity index (χ0) is 14.4. The van der Waals surface area contributed by atoms with Gasteiger partial charge in [-0.3, -0.25) is 9.69 Å². The molecule has 1 N–H and O–H groups in total. The molecule has 21 heavy (non-hydrogen) atoms. The molecule has 0 aromatic heterocycles. The van der Waals surface area contributed by atoms with Crippen molar-refractivity contribution in [1.82, 2.24) is 10.2 Å². The van der Waals surface area contributed by atoms with Crippen molar-refractivity contribution in [2.45, 2.75) is 31.3 Å². The molecule has 1 aliphatic heterocycles. The van der Waals surface area contributed by atoms with E-state index in [1.54, 1.807) is 0 Å². The molecule has 2 aliphatic rings. The summed E-state index contributed by atoms with van der Waals surface area (Å²) >= 11 is 0. The van der Waals surface area contributed by atoms with Crippen LogP contribution < -0.4 is 5.32 Å². The number of urea groups is 1. The zero-order valence-corrected chi connectivity index (χ0v) is 11.6. The van der Waals surface area contributed by atoms with Gasteiger partial charge < -0.3 is 5.32 Å². The molecule has 106 valence electrons. The minimum absolute atomic E-state index is 0.0633. The summed E-state index contributed by atoms with van der Waals surface area (Å²) < 4.78 is 0. The molecule has 0 atom stereocenters. The van der Waals surface area contributed by atoms with Gasteiger partial charge in [-0.05, 0) is 35.6 Å². The minimum atomic E-state index is -0.596. The van der Waals surface area contributed by atoms with Gasteiger partial charge in [-0.15, -0.1) is 0 Å². The second-order valence-corrected chi connectivity index (χ2v) is 5.90. The van der Waals surface area contributed by atoms with Crippen molar-refractivity contribution in [3.8, 4) is 0 Å². The lowest BCUT2D eigenvalue weighted by Gasteiger charge is -2.34. The molecule has 1 saturated heterocycles. The predicted octanol–water partition coefficient (Wildman–Crippen LogP) is 2.81. The SMILES string of the molecule is O=C1NC2(CCC2)C(=O)N1Cc1cccc2ccccc12. The Morgan fingerprint density at radius 3 is 2.52 bits per heavy atom. The molecule has 1 heterocycles. The van der Waals surface area contributed by atoms with E-state index in [1.807, 2.05) is 42.5 Å². The molecule has 2 aromatic carbocycles. The first-order valence-electron chi connectivity index (χ1n) is 7.30. The van der Waals surface area contributed by atoms with Gasteiger partial charge in [-0.25, -0.2) is 4.79 Å². The number of carbonyl (C=O) groups excluding carboxylic acids is 2. The largest absolute Gasteiger partial charge is 0.325 e. The number of benzene rings is 2. The Hall–Kier alpha value is -2.36. The van der Waals surface area contributed by atoms with Gasteiger partial charge in [0.05, 0.1) is 6.54 Å². The second kappa shape index (κ2) is 4.32. The fourth-order valence-electron chi connectivity index (χ4n) is 3.29. The average molecular weight is 280 g/mol. The third kappa shape index (κ3) is 1.75. The standard InChI is InChI=1S/C17H16N2O2/c20-15-17(9-4-10-17)18-16(21)19(15)11-13-7-3-6-12-5-1-2-8-14(12)13/h1-3,5-8H,4,9-11H2,(H,18,21). The lowest BCUT2D eigenvalue weighted by Crippen LogP contribution is -2.52. The van der Waals surface area contributed by atoms with Crippen LogP contribution in [0.1, 0.15) is 24.8 Å². The van der Waals surface area contributed by atoms with Crippen LogP contribution in [-0.2, 0) is 11.3 Å². The van der Waals surface area contributed by atoms with Crippen LogP contribution in [0.2, 0.25) is 0 Å². The molecule has 4 nitrogen and oxygen atoms in total. The van der Waals surface area contributed by atoms with Gasteiger partial charge in [0.1, 0.15) is 5.54 Å². The fraction of sp³-hybridized carbons (Fsp3) is 0.294. The number of hydrogen-bond donors (Lipinski definition) is 1. The van der Waals surface area contributed by atoms with Crippen molar-refractivity contribution in [3.05, 3.63) is 48.0 Å². The second-order valence-electron chi connectivity index (χ2n) is 5.90. The fourth-order valence-corrected chi connectivity index (χ4v) is 3.29. The quantitative estimate of drug-likeness (QED) is 0.860. The van der Waals surface area contributed by atoms with E-state index in [4.69, 9.17) is 0 Å². The van der Waals surface area contributed by atoms with Crippen LogP contribution in [0.15, 0.2) is 42.5 Å². The van der Waals surface area contributed by atoms with E-state index < -0.39 is 5.54 Å². The van der Waals surface area contributed by atoms with Crippen LogP contribution in [0.25, 0.3) is 10.8 Å². The van der Waals surface area contributed by atoms with Crippen molar-refractivity contribution >= 4 is 22.7 Å². The van der Waals surface area contributed by atoms with Crippen molar-refractivity contribution in [2.24, 2.45) is 0 Å². The Kier molecular flexibility index (Phi) is 2.55. The van der Waals surface area contributed by atoms with E-state index in [0.717, 1.165) is 35.6 Å². The Balaban J connectivity index is 1.69. The molecule has 1 aliphatic carbocycles. The van der Waals surface area contributed by atoms with Gasteiger partial charge in [0, 0.05) is 0 Å². The molecule has 4 rings (SSSR count). The number of hydrogen-bond acceptors (Lipinski definition) is 2. The Morgan fingerprint density at radius 1 is 1.05 bits per heavy atom. The monoisotopic (exact) mass is 280 g/mol. The van der Waals surface area contributed by atoms with Crippen LogP contribution in [0.4, 0.5) is 4.79 Å². The van der Waals surface area contributed by atoms with E-state index in [9.17, 15) is 9.59 Å². The lowest BCUT2D eigenvalue weighted by atomic mass is 9.77. The first-order chi connectivity index (χ1) is 10.2. The number of nitrogens with one attached hydrogen (secondary N) is 1. The molecule has 0 radical (unpaired) electrons. The molecule has 1 spiro atoms. The summed E-state index contributed by atoms with van der Waals surface area (Å²) in [7, 11) is 0. The molecule has 3 amide bonds. The number of carbonyl (C=O) groups is 2. The number of nitrogens with zero attached hydrogens (tertiary/aromatic N) is 1. The van der Waals surface area contributed by atoms with Crippen LogP contribution in [0.3, 0.4) is 0 Å². The molecule has 2 aromatic rings. The van der Waals surface area contributed by atoms with E-state index in [-0.39, 0.29) is 11.9 Å². The van der Waals surface area contributed by atoms with Gasteiger partial charge >= 0.3 is 6.03 Å². The molecule has 0 unspecified atom stereocenters. The maximum Gasteiger partial charge on any atom is 0.325 e. The van der Waals surface area contributed by atoms with E-state index in [1.165, 1.54) is 4.90 Å². The Labute approximate surface area is 122 Å². The maximum absolute atomic E-state index is 12.5. The number of imide groups is 1. The normalized spacial score (nSPS) is 19.9. The summed E-state index contributed by atoms with van der Waals surface area (Å²) in [6.45, 7) is 0.341. The van der Waals surface area contributed by atoms with Gasteiger partial charge in [-0.1, -0.05) is 42.5 Å². The highest BCUT2D eigenvalue weighted by atomic mass is 16.2. The zero-order valence-electron chi connectivity index (χ0n) is 11.6. The highest BCUT2D eigenvalue weighted by Crippen LogP contribution is 2.38. The number of rotatable bonds is 2. The van der Waals surface area contributed by atoms with Crippen molar-refractivity contribution in [1.29, 1.82) is 0 Å². The van der Waals surface area contributed by atoms with Gasteiger partial charge in [-0.2, -0.15) is 0 Å². The van der Waals surface area contributed by atoms with Gasteiger partial charge in [0.2, 0.25) is 0 Å². The van der Waals surface area contributed by atoms with Crippen LogP contribution >= 0.6 is 0 Å². The Bertz CT molecular complexity index is 744. The van der Waals surface area contributed by atoms with Crippen molar-refractivity contribution < 1.29 is 9.59 Å². The summed E-state index contributed by atoms with van der Waals surface area (Å²) in [4.78, 5) is 26.0. The third-order valence-corrected chi connectivity index (χ3v) is 4.66. The van der Waals surface area contributed by atoms with Crippen LogP contribution in [-0.4, -0.2) is 22.4 Å². The first-order valence-corrected chi connectivity index (χ1v) is 7.30. The average Bonchev–Trinajstić information content (AvgIpc) is 2.72. The van der Waals surface area contributed by atoms with E-state index in [2.05, 4.69) is 5.32 Å². The summed E-state index contributed by atoms with van der Waals surface area (Å²) in [6.07, 6.45) is 2.54. The molecule has 1 saturated carbocycles. The van der Waals surface area contributed by atoms with Crippen molar-refractivity contribution in [3.63, 3.8) is 0 Å². The van der Waals surface area contributed by atoms with Crippen LogP contribution in [0.5, 0.6) is 0 Å². The van der Waals surface area contributed by atoms with Crippen LogP contribution in [0, 0.1) is 0 Å². The molecule has 4 heteroatoms. The van der Waals surface area contributed by atoms with Gasteiger partial charge in [0.15, 0.2) is 0 Å². The molecule has 2 fully saturated rings. The highest BCUT2D eigenvalue weighted by molar-refractivity contribution is 6.07. The summed E-state index contributed by atoms with van der Waals surface area (Å²) in [6, 6.07) is 13.8. The lowest BCUT2D eigenvalue weighted by molar-refractivity contribution is -0.134. The first kappa shape index (κ1) is 12.4. The maximum atomic E-state index is 12.5. The summed E-state index contributed by atoms with van der Waals surface area (Å²) in [5, 5.41) is 5.09. The summed E-state index contributed by atoms with van der Waals surface area (Å²) in [5.41, 5.74) is 0.412. The highest BCUT2D eigenvalue weighted by Gasteiger charge is 2.54. The predicted molar refractivity (Wildman–Crippen MR) is 79.6 cm³/mol. The van der Waals surface area contributed by atoms with Crippen molar-refractivity contribution in [2.75, 3.05) is 0 Å². The smallest absolute Gasteiger partial charge is 0.323 e. The topological polar surface area (TPSA) is 49.4 Å².